The van der Waals surface area contributed by atoms with E-state index in [9.17, 15) is 4.39 Å². The van der Waals surface area contributed by atoms with Crippen LogP contribution in [-0.4, -0.2) is 12.5 Å². The van der Waals surface area contributed by atoms with Crippen LogP contribution < -0.4 is 0 Å². The van der Waals surface area contributed by atoms with Crippen molar-refractivity contribution in [3.8, 4) is 0 Å². The molecule has 1 aromatic rings. The molecule has 72 valence electrons. The largest absolute Gasteiger partial charge is 0.239 e. The Morgan fingerprint density at radius 2 is 2.21 bits per heavy atom. The van der Waals surface area contributed by atoms with E-state index < -0.39 is 5.82 Å². The summed E-state index contributed by atoms with van der Waals surface area (Å²) in [6.07, 6.45) is 0. The van der Waals surface area contributed by atoms with Crippen LogP contribution in [0.2, 0.25) is 5.02 Å². The number of halogens is 3. The molecule has 2 rings (SSSR count). The maximum Gasteiger partial charge on any atom is 0.182 e. The van der Waals surface area contributed by atoms with E-state index in [2.05, 4.69) is 31.2 Å². The fourth-order valence-corrected chi connectivity index (χ4v) is 2.06. The average molecular weight is 276 g/mol. The fourth-order valence-electron chi connectivity index (χ4n) is 1.11. The summed E-state index contributed by atoms with van der Waals surface area (Å²) < 4.78 is 14.0. The molecule has 0 unspecified atom stereocenters. The Bertz CT molecular complexity index is 421. The highest BCUT2D eigenvalue weighted by molar-refractivity contribution is 9.10. The summed E-state index contributed by atoms with van der Waals surface area (Å²) in [5.74, 6) is -0.157. The number of amidine groups is 1. The Morgan fingerprint density at radius 1 is 1.43 bits per heavy atom. The summed E-state index contributed by atoms with van der Waals surface area (Å²) >= 11 is 8.87. The third-order valence-corrected chi connectivity index (χ3v) is 2.52. The number of aliphatic imine (C=N–C) groups is 1. The molecule has 0 aromatic heterocycles. The molecule has 1 aliphatic rings. The molecule has 0 aliphatic carbocycles. The number of rotatable bonds is 1. The van der Waals surface area contributed by atoms with Crippen molar-refractivity contribution in [3.05, 3.63) is 33.0 Å². The van der Waals surface area contributed by atoms with Crippen molar-refractivity contribution in [1.29, 1.82) is 0 Å². The van der Waals surface area contributed by atoms with E-state index in [1.54, 1.807) is 6.07 Å². The first kappa shape index (κ1) is 9.73. The van der Waals surface area contributed by atoms with Gasteiger partial charge in [0.15, 0.2) is 12.5 Å². The first-order valence-corrected chi connectivity index (χ1v) is 4.92. The summed E-state index contributed by atoms with van der Waals surface area (Å²) in [5, 5.41) is 7.69. The molecule has 0 fully saturated rings. The van der Waals surface area contributed by atoms with Crippen molar-refractivity contribution in [2.45, 2.75) is 0 Å². The van der Waals surface area contributed by atoms with Crippen LogP contribution in [0.25, 0.3) is 0 Å². The van der Waals surface area contributed by atoms with Crippen molar-refractivity contribution >= 4 is 33.4 Å². The fraction of sp³-hybridized carbons (Fsp3) is 0.125. The van der Waals surface area contributed by atoms with Gasteiger partial charge in [-0.05, 0) is 28.1 Å². The Labute approximate surface area is 92.8 Å². The molecule has 0 saturated heterocycles. The van der Waals surface area contributed by atoms with Crippen LogP contribution in [0.3, 0.4) is 0 Å². The van der Waals surface area contributed by atoms with Crippen LogP contribution in [0.15, 0.2) is 31.8 Å². The topological polar surface area (TPSA) is 37.1 Å². The highest BCUT2D eigenvalue weighted by Crippen LogP contribution is 2.26. The van der Waals surface area contributed by atoms with Crippen LogP contribution in [0.4, 0.5) is 4.39 Å². The van der Waals surface area contributed by atoms with Gasteiger partial charge in [0.1, 0.15) is 5.82 Å². The molecule has 14 heavy (non-hydrogen) atoms. The van der Waals surface area contributed by atoms with Crippen LogP contribution in [-0.2, 0) is 0 Å². The van der Waals surface area contributed by atoms with E-state index in [-0.39, 0.29) is 6.67 Å². The molecule has 0 saturated carbocycles. The van der Waals surface area contributed by atoms with E-state index in [0.29, 0.717) is 20.9 Å². The van der Waals surface area contributed by atoms with Gasteiger partial charge in [0, 0.05) is 9.50 Å². The first-order valence-electron chi connectivity index (χ1n) is 3.75. The van der Waals surface area contributed by atoms with Crippen LogP contribution in [0, 0.1) is 5.82 Å². The summed E-state index contributed by atoms with van der Waals surface area (Å²) in [4.78, 5) is 3.93. The van der Waals surface area contributed by atoms with Crippen molar-refractivity contribution in [2.75, 3.05) is 6.67 Å². The normalized spacial score (nSPS) is 14.6. The van der Waals surface area contributed by atoms with E-state index in [0.717, 1.165) is 0 Å². The number of hydrogen-bond donors (Lipinski definition) is 0. The summed E-state index contributed by atoms with van der Waals surface area (Å²) in [7, 11) is 0. The van der Waals surface area contributed by atoms with Gasteiger partial charge in [-0.1, -0.05) is 11.6 Å². The van der Waals surface area contributed by atoms with Gasteiger partial charge in [0.2, 0.25) is 0 Å². The predicted molar refractivity (Wildman–Crippen MR) is 55.4 cm³/mol. The second-order valence-corrected chi connectivity index (χ2v) is 3.90. The second kappa shape index (κ2) is 3.74. The molecule has 0 atom stereocenters. The van der Waals surface area contributed by atoms with Gasteiger partial charge >= 0.3 is 0 Å². The molecule has 0 amide bonds. The van der Waals surface area contributed by atoms with Crippen LogP contribution >= 0.6 is 27.5 Å². The van der Waals surface area contributed by atoms with Gasteiger partial charge in [0.05, 0.1) is 5.56 Å². The zero-order valence-corrected chi connectivity index (χ0v) is 9.18. The quantitative estimate of drug-likeness (QED) is 0.754. The summed E-state index contributed by atoms with van der Waals surface area (Å²) in [5.41, 5.74) is 0.302. The van der Waals surface area contributed by atoms with Gasteiger partial charge in [-0.2, -0.15) is 5.11 Å². The highest BCUT2D eigenvalue weighted by atomic mass is 79.9. The van der Waals surface area contributed by atoms with Gasteiger partial charge in [0.25, 0.3) is 0 Å². The Morgan fingerprint density at radius 3 is 2.79 bits per heavy atom. The van der Waals surface area contributed by atoms with Crippen LogP contribution in [0.1, 0.15) is 5.56 Å². The van der Waals surface area contributed by atoms with E-state index in [1.807, 2.05) is 0 Å². The SMILES string of the molecule is Fc1cc(Cl)cc(Br)c1C1=NCN=N1. The zero-order valence-electron chi connectivity index (χ0n) is 6.84. The average Bonchev–Trinajstić information content (AvgIpc) is 2.54. The molecule has 6 heteroatoms. The molecule has 1 aliphatic heterocycles. The van der Waals surface area contributed by atoms with Crippen molar-refractivity contribution < 1.29 is 4.39 Å². The zero-order chi connectivity index (χ0) is 10.1. The molecule has 1 aromatic carbocycles. The maximum atomic E-state index is 13.5. The molecular weight excluding hydrogens is 272 g/mol. The second-order valence-electron chi connectivity index (χ2n) is 2.61. The number of azo groups is 1. The lowest BCUT2D eigenvalue weighted by molar-refractivity contribution is 0.624. The standard InChI is InChI=1S/C8H4BrClFN3/c9-5-1-4(10)2-6(11)7(5)8-12-3-13-14-8/h1-2H,3H2. The third kappa shape index (κ3) is 1.69. The smallest absolute Gasteiger partial charge is 0.182 e. The van der Waals surface area contributed by atoms with Gasteiger partial charge in [-0.25, -0.2) is 9.38 Å². The van der Waals surface area contributed by atoms with E-state index in [1.165, 1.54) is 6.07 Å². The lowest BCUT2D eigenvalue weighted by Crippen LogP contribution is -2.00. The molecule has 0 bridgehead atoms. The number of nitrogens with zero attached hydrogens (tertiary/aromatic N) is 3. The highest BCUT2D eigenvalue weighted by Gasteiger charge is 2.16. The monoisotopic (exact) mass is 275 g/mol. The minimum atomic E-state index is -0.455. The minimum absolute atomic E-state index is 0.254. The first-order chi connectivity index (χ1) is 6.68. The molecule has 0 N–H and O–H groups in total. The van der Waals surface area contributed by atoms with E-state index >= 15 is 0 Å². The lowest BCUT2D eigenvalue weighted by Gasteiger charge is -2.03. The van der Waals surface area contributed by atoms with E-state index in [4.69, 9.17) is 11.6 Å². The number of hydrogen-bond acceptors (Lipinski definition) is 3. The van der Waals surface area contributed by atoms with Crippen LogP contribution in [0.5, 0.6) is 0 Å². The minimum Gasteiger partial charge on any atom is -0.239 e. The lowest BCUT2D eigenvalue weighted by atomic mass is 10.2. The Hall–Kier alpha value is -0.810. The molecule has 0 spiro atoms. The third-order valence-electron chi connectivity index (χ3n) is 1.68. The van der Waals surface area contributed by atoms with Crippen molar-refractivity contribution in [2.24, 2.45) is 15.2 Å². The molecule has 1 heterocycles. The molecular formula is C8H4BrClFN3. The van der Waals surface area contributed by atoms with Gasteiger partial charge in [-0.3, -0.25) is 0 Å². The Balaban J connectivity index is 2.57. The number of benzene rings is 1. The van der Waals surface area contributed by atoms with Gasteiger partial charge < -0.3 is 0 Å². The van der Waals surface area contributed by atoms with Gasteiger partial charge in [-0.15, -0.1) is 5.11 Å². The Kier molecular flexibility index (Phi) is 2.60. The van der Waals surface area contributed by atoms with Crippen molar-refractivity contribution in [1.82, 2.24) is 0 Å². The summed E-state index contributed by atoms with van der Waals surface area (Å²) in [6, 6.07) is 2.81. The van der Waals surface area contributed by atoms with Crippen molar-refractivity contribution in [3.63, 3.8) is 0 Å². The molecule has 3 nitrogen and oxygen atoms in total. The maximum absolute atomic E-state index is 13.5. The molecule has 0 radical (unpaired) electrons. The summed E-state index contributed by atoms with van der Waals surface area (Å²) in [6.45, 7) is 0.254. The predicted octanol–water partition coefficient (Wildman–Crippen LogP) is 3.41.